The van der Waals surface area contributed by atoms with Crippen molar-refractivity contribution in [2.45, 2.75) is 38.8 Å². The van der Waals surface area contributed by atoms with E-state index < -0.39 is 0 Å². The number of aromatic hydroxyl groups is 2. The molecule has 2 aromatic carbocycles. The minimum atomic E-state index is 0.0776. The van der Waals surface area contributed by atoms with E-state index in [2.05, 4.69) is 36.5 Å². The van der Waals surface area contributed by atoms with Crippen molar-refractivity contribution in [3.63, 3.8) is 0 Å². The Hall–Kier alpha value is -2.00. The number of hydrogen-bond donors (Lipinski definition) is 3. The van der Waals surface area contributed by atoms with Crippen LogP contribution in [0.3, 0.4) is 0 Å². The summed E-state index contributed by atoms with van der Waals surface area (Å²) in [6.07, 6.45) is 2.08. The van der Waals surface area contributed by atoms with Gasteiger partial charge in [-0.05, 0) is 49.9 Å². The largest absolute Gasteiger partial charge is 0.508 e. The van der Waals surface area contributed by atoms with Crippen molar-refractivity contribution < 1.29 is 10.2 Å². The maximum absolute atomic E-state index is 9.54. The molecular formula is C18H23NO2. The van der Waals surface area contributed by atoms with E-state index >= 15 is 0 Å². The number of rotatable bonds is 6. The van der Waals surface area contributed by atoms with Crippen molar-refractivity contribution in [1.29, 1.82) is 0 Å². The fraction of sp³-hybridized carbons (Fsp3) is 0.333. The third kappa shape index (κ3) is 4.80. The number of phenolic OH excluding ortho intramolecular Hbond substituents is 2. The van der Waals surface area contributed by atoms with Crippen LogP contribution >= 0.6 is 0 Å². The minimum absolute atomic E-state index is 0.0776. The Labute approximate surface area is 126 Å². The SMILES string of the molecule is CC(CCc1ccccc1)NC(C)c1cc(O)cc(O)c1. The van der Waals surface area contributed by atoms with Crippen LogP contribution in [0, 0.1) is 0 Å². The van der Waals surface area contributed by atoms with Gasteiger partial charge in [-0.2, -0.15) is 0 Å². The summed E-state index contributed by atoms with van der Waals surface area (Å²) < 4.78 is 0. The van der Waals surface area contributed by atoms with Crippen LogP contribution in [0.1, 0.15) is 37.4 Å². The number of aryl methyl sites for hydroxylation is 1. The van der Waals surface area contributed by atoms with Crippen LogP contribution in [-0.2, 0) is 6.42 Å². The number of nitrogens with one attached hydrogen (secondary N) is 1. The van der Waals surface area contributed by atoms with Gasteiger partial charge in [-0.25, -0.2) is 0 Å². The maximum Gasteiger partial charge on any atom is 0.119 e. The first-order valence-electron chi connectivity index (χ1n) is 7.37. The molecule has 2 aromatic rings. The van der Waals surface area contributed by atoms with E-state index in [0.717, 1.165) is 18.4 Å². The summed E-state index contributed by atoms with van der Waals surface area (Å²) in [7, 11) is 0. The Balaban J connectivity index is 1.88. The van der Waals surface area contributed by atoms with E-state index in [9.17, 15) is 10.2 Å². The van der Waals surface area contributed by atoms with Crippen molar-refractivity contribution in [3.05, 3.63) is 59.7 Å². The van der Waals surface area contributed by atoms with Crippen LogP contribution < -0.4 is 5.32 Å². The highest BCUT2D eigenvalue weighted by Gasteiger charge is 2.11. The average molecular weight is 285 g/mol. The highest BCUT2D eigenvalue weighted by Crippen LogP contribution is 2.25. The van der Waals surface area contributed by atoms with Crippen LogP contribution in [0.4, 0.5) is 0 Å². The van der Waals surface area contributed by atoms with Crippen molar-refractivity contribution in [2.75, 3.05) is 0 Å². The predicted molar refractivity (Wildman–Crippen MR) is 85.5 cm³/mol. The first-order valence-corrected chi connectivity index (χ1v) is 7.37. The highest BCUT2D eigenvalue weighted by molar-refractivity contribution is 5.37. The van der Waals surface area contributed by atoms with Gasteiger partial charge in [0.2, 0.25) is 0 Å². The summed E-state index contributed by atoms with van der Waals surface area (Å²) in [6, 6.07) is 15.6. The van der Waals surface area contributed by atoms with E-state index in [1.807, 2.05) is 13.0 Å². The lowest BCUT2D eigenvalue weighted by molar-refractivity contribution is 0.434. The Bertz CT molecular complexity index is 548. The number of phenols is 2. The molecule has 0 aliphatic heterocycles. The Kier molecular flexibility index (Phi) is 5.23. The molecule has 2 rings (SSSR count). The Morgan fingerprint density at radius 2 is 1.57 bits per heavy atom. The summed E-state index contributed by atoms with van der Waals surface area (Å²) >= 11 is 0. The molecule has 0 bridgehead atoms. The second-order valence-electron chi connectivity index (χ2n) is 5.60. The zero-order valence-corrected chi connectivity index (χ0v) is 12.6. The molecule has 3 nitrogen and oxygen atoms in total. The molecule has 21 heavy (non-hydrogen) atoms. The summed E-state index contributed by atoms with van der Waals surface area (Å²) in [5.41, 5.74) is 2.23. The number of benzene rings is 2. The van der Waals surface area contributed by atoms with Gasteiger partial charge in [0, 0.05) is 18.2 Å². The van der Waals surface area contributed by atoms with E-state index in [1.54, 1.807) is 12.1 Å². The lowest BCUT2D eigenvalue weighted by Crippen LogP contribution is -2.29. The minimum Gasteiger partial charge on any atom is -0.508 e. The molecule has 0 aliphatic carbocycles. The Morgan fingerprint density at radius 3 is 2.19 bits per heavy atom. The molecule has 2 atom stereocenters. The summed E-state index contributed by atoms with van der Waals surface area (Å²) in [5.74, 6) is 0.186. The molecule has 0 heterocycles. The van der Waals surface area contributed by atoms with Gasteiger partial charge in [0.05, 0.1) is 0 Å². The molecule has 0 spiro atoms. The molecular weight excluding hydrogens is 262 g/mol. The smallest absolute Gasteiger partial charge is 0.119 e. The van der Waals surface area contributed by atoms with Crippen molar-refractivity contribution in [2.24, 2.45) is 0 Å². The van der Waals surface area contributed by atoms with Crippen molar-refractivity contribution in [1.82, 2.24) is 5.32 Å². The van der Waals surface area contributed by atoms with Gasteiger partial charge in [0.15, 0.2) is 0 Å². The van der Waals surface area contributed by atoms with Crippen molar-refractivity contribution in [3.8, 4) is 11.5 Å². The average Bonchev–Trinajstić information content (AvgIpc) is 2.45. The fourth-order valence-corrected chi connectivity index (χ4v) is 2.50. The normalized spacial score (nSPS) is 13.8. The van der Waals surface area contributed by atoms with E-state index in [-0.39, 0.29) is 17.5 Å². The molecule has 0 radical (unpaired) electrons. The van der Waals surface area contributed by atoms with E-state index in [0.29, 0.717) is 6.04 Å². The standard InChI is InChI=1S/C18H23NO2/c1-13(8-9-15-6-4-3-5-7-15)19-14(2)16-10-17(20)12-18(21)11-16/h3-7,10-14,19-21H,8-9H2,1-2H3. The highest BCUT2D eigenvalue weighted by atomic mass is 16.3. The predicted octanol–water partition coefficient (Wildman–Crippen LogP) is 3.77. The summed E-state index contributed by atoms with van der Waals surface area (Å²) in [5, 5.41) is 22.6. The summed E-state index contributed by atoms with van der Waals surface area (Å²) in [6.45, 7) is 4.19. The van der Waals surface area contributed by atoms with Crippen LogP contribution in [-0.4, -0.2) is 16.3 Å². The van der Waals surface area contributed by atoms with Crippen LogP contribution in [0.2, 0.25) is 0 Å². The molecule has 0 aliphatic rings. The lowest BCUT2D eigenvalue weighted by atomic mass is 10.0. The topological polar surface area (TPSA) is 52.5 Å². The second-order valence-corrected chi connectivity index (χ2v) is 5.60. The molecule has 0 aromatic heterocycles. The third-order valence-corrected chi connectivity index (χ3v) is 3.67. The fourth-order valence-electron chi connectivity index (χ4n) is 2.50. The molecule has 2 unspecified atom stereocenters. The zero-order valence-electron chi connectivity index (χ0n) is 12.6. The second kappa shape index (κ2) is 7.14. The summed E-state index contributed by atoms with van der Waals surface area (Å²) in [4.78, 5) is 0. The van der Waals surface area contributed by atoms with Crippen molar-refractivity contribution >= 4 is 0 Å². The van der Waals surface area contributed by atoms with Gasteiger partial charge in [0.25, 0.3) is 0 Å². The van der Waals surface area contributed by atoms with Gasteiger partial charge >= 0.3 is 0 Å². The third-order valence-electron chi connectivity index (χ3n) is 3.67. The Morgan fingerprint density at radius 1 is 0.952 bits per heavy atom. The molecule has 112 valence electrons. The van der Waals surface area contributed by atoms with Gasteiger partial charge in [-0.3, -0.25) is 0 Å². The monoisotopic (exact) mass is 285 g/mol. The molecule has 0 saturated carbocycles. The van der Waals surface area contributed by atoms with Crippen LogP contribution in [0.5, 0.6) is 11.5 Å². The van der Waals surface area contributed by atoms with Gasteiger partial charge in [-0.15, -0.1) is 0 Å². The first-order chi connectivity index (χ1) is 10.0. The maximum atomic E-state index is 9.54. The molecule has 3 heteroatoms. The van der Waals surface area contributed by atoms with E-state index in [4.69, 9.17) is 0 Å². The lowest BCUT2D eigenvalue weighted by Gasteiger charge is -2.21. The van der Waals surface area contributed by atoms with Gasteiger partial charge < -0.3 is 15.5 Å². The molecule has 0 saturated heterocycles. The molecule has 3 N–H and O–H groups in total. The van der Waals surface area contributed by atoms with Gasteiger partial charge in [0.1, 0.15) is 11.5 Å². The van der Waals surface area contributed by atoms with Crippen LogP contribution in [0.25, 0.3) is 0 Å². The van der Waals surface area contributed by atoms with Gasteiger partial charge in [-0.1, -0.05) is 30.3 Å². The zero-order chi connectivity index (χ0) is 15.2. The van der Waals surface area contributed by atoms with E-state index in [1.165, 1.54) is 11.6 Å². The number of hydrogen-bond acceptors (Lipinski definition) is 3. The first kappa shape index (κ1) is 15.4. The molecule has 0 fully saturated rings. The quantitative estimate of drug-likeness (QED) is 0.757. The van der Waals surface area contributed by atoms with Crippen LogP contribution in [0.15, 0.2) is 48.5 Å². The molecule has 0 amide bonds.